The number of likely N-dealkylation sites (tertiary alicyclic amines) is 1. The smallest absolute Gasteiger partial charge is 0.222 e. The van der Waals surface area contributed by atoms with Crippen LogP contribution in [0, 0.1) is 6.92 Å². The molecule has 23 heavy (non-hydrogen) atoms. The summed E-state index contributed by atoms with van der Waals surface area (Å²) in [6.45, 7) is 6.29. The largest absolute Gasteiger partial charge is 0.381 e. The molecule has 128 valence electrons. The summed E-state index contributed by atoms with van der Waals surface area (Å²) >= 11 is 0. The summed E-state index contributed by atoms with van der Waals surface area (Å²) < 4.78 is 7.09. The van der Waals surface area contributed by atoms with Crippen molar-refractivity contribution in [2.45, 2.75) is 57.7 Å². The van der Waals surface area contributed by atoms with Gasteiger partial charge in [-0.3, -0.25) is 4.79 Å². The van der Waals surface area contributed by atoms with E-state index in [0.717, 1.165) is 57.8 Å². The maximum absolute atomic E-state index is 12.1. The average molecular weight is 322 g/mol. The van der Waals surface area contributed by atoms with Gasteiger partial charge >= 0.3 is 0 Å². The van der Waals surface area contributed by atoms with Gasteiger partial charge in [-0.25, -0.2) is 4.68 Å². The van der Waals surface area contributed by atoms with Crippen LogP contribution in [0.25, 0.3) is 0 Å². The van der Waals surface area contributed by atoms with Gasteiger partial charge in [0.1, 0.15) is 5.82 Å². The summed E-state index contributed by atoms with van der Waals surface area (Å²) in [5.74, 6) is 0.826. The second-order valence-electron chi connectivity index (χ2n) is 6.42. The zero-order valence-electron chi connectivity index (χ0n) is 13.8. The standard InChI is InChI=1S/C15H26N6O2/c1-12-17-18-19-21(12)9-4-15(22)16-13-2-7-20(8-3-13)14-5-10-23-11-6-14/h13-14H,2-11H2,1H3,(H,16,22). The van der Waals surface area contributed by atoms with E-state index in [1.54, 1.807) is 4.68 Å². The van der Waals surface area contributed by atoms with E-state index in [-0.39, 0.29) is 5.91 Å². The third-order valence-electron chi connectivity index (χ3n) is 4.86. The number of carbonyl (C=O) groups is 1. The molecular weight excluding hydrogens is 296 g/mol. The summed E-state index contributed by atoms with van der Waals surface area (Å²) in [6, 6.07) is 0.969. The summed E-state index contributed by atoms with van der Waals surface area (Å²) in [5, 5.41) is 14.4. The Labute approximate surface area is 136 Å². The Morgan fingerprint density at radius 3 is 2.65 bits per heavy atom. The molecule has 1 N–H and O–H groups in total. The molecule has 1 amide bonds. The van der Waals surface area contributed by atoms with Gasteiger partial charge in [-0.2, -0.15) is 0 Å². The molecule has 3 rings (SSSR count). The monoisotopic (exact) mass is 322 g/mol. The fourth-order valence-electron chi connectivity index (χ4n) is 3.42. The third-order valence-corrected chi connectivity index (χ3v) is 4.86. The predicted octanol–water partition coefficient (Wildman–Crippen LogP) is 0.131. The first kappa shape index (κ1) is 16.3. The zero-order chi connectivity index (χ0) is 16.1. The number of amides is 1. The van der Waals surface area contributed by atoms with Crippen LogP contribution in [0.4, 0.5) is 0 Å². The molecule has 0 unspecified atom stereocenters. The number of carbonyl (C=O) groups excluding carboxylic acids is 1. The molecule has 0 atom stereocenters. The third kappa shape index (κ3) is 4.48. The van der Waals surface area contributed by atoms with Crippen LogP contribution in [0.1, 0.15) is 37.9 Å². The Bertz CT molecular complexity index is 506. The van der Waals surface area contributed by atoms with Gasteiger partial charge < -0.3 is 15.0 Å². The first-order valence-corrected chi connectivity index (χ1v) is 8.56. The highest BCUT2D eigenvalue weighted by Crippen LogP contribution is 2.19. The topological polar surface area (TPSA) is 85.2 Å². The van der Waals surface area contributed by atoms with Gasteiger partial charge in [-0.1, -0.05) is 0 Å². The Kier molecular flexibility index (Phi) is 5.56. The molecule has 0 radical (unpaired) electrons. The lowest BCUT2D eigenvalue weighted by atomic mass is 9.99. The molecule has 0 spiro atoms. The van der Waals surface area contributed by atoms with Gasteiger partial charge in [0.05, 0.1) is 6.54 Å². The predicted molar refractivity (Wildman–Crippen MR) is 83.7 cm³/mol. The quantitative estimate of drug-likeness (QED) is 0.829. The van der Waals surface area contributed by atoms with Crippen LogP contribution in [0.3, 0.4) is 0 Å². The zero-order valence-corrected chi connectivity index (χ0v) is 13.8. The number of tetrazole rings is 1. The molecular formula is C15H26N6O2. The van der Waals surface area contributed by atoms with E-state index in [9.17, 15) is 4.79 Å². The van der Waals surface area contributed by atoms with Crippen molar-refractivity contribution >= 4 is 5.91 Å². The second kappa shape index (κ2) is 7.83. The van der Waals surface area contributed by atoms with Gasteiger partial charge in [-0.15, -0.1) is 5.10 Å². The van der Waals surface area contributed by atoms with E-state index in [2.05, 4.69) is 25.7 Å². The normalized spacial score (nSPS) is 21.4. The first-order valence-electron chi connectivity index (χ1n) is 8.56. The molecule has 1 aromatic heterocycles. The van der Waals surface area contributed by atoms with E-state index < -0.39 is 0 Å². The summed E-state index contributed by atoms with van der Waals surface area (Å²) in [4.78, 5) is 14.6. The van der Waals surface area contributed by atoms with Crippen molar-refractivity contribution in [3.8, 4) is 0 Å². The number of rotatable bonds is 5. The number of aryl methyl sites for hydroxylation is 2. The molecule has 2 fully saturated rings. The van der Waals surface area contributed by atoms with Crippen molar-refractivity contribution in [1.82, 2.24) is 30.4 Å². The van der Waals surface area contributed by atoms with Crippen molar-refractivity contribution in [3.63, 3.8) is 0 Å². The van der Waals surface area contributed by atoms with Crippen LogP contribution in [-0.2, 0) is 16.1 Å². The van der Waals surface area contributed by atoms with Crippen LogP contribution in [0.5, 0.6) is 0 Å². The van der Waals surface area contributed by atoms with E-state index in [4.69, 9.17) is 4.74 Å². The number of piperidine rings is 1. The second-order valence-corrected chi connectivity index (χ2v) is 6.42. The van der Waals surface area contributed by atoms with Gasteiger partial charge in [0.2, 0.25) is 5.91 Å². The number of aromatic nitrogens is 4. The fourth-order valence-corrected chi connectivity index (χ4v) is 3.42. The van der Waals surface area contributed by atoms with Gasteiger partial charge in [-0.05, 0) is 43.0 Å². The lowest BCUT2D eigenvalue weighted by Gasteiger charge is -2.39. The fraction of sp³-hybridized carbons (Fsp3) is 0.867. The Balaban J connectivity index is 1.36. The molecule has 1 aromatic rings. The highest BCUT2D eigenvalue weighted by Gasteiger charge is 2.26. The van der Waals surface area contributed by atoms with Crippen molar-refractivity contribution < 1.29 is 9.53 Å². The van der Waals surface area contributed by atoms with Crippen molar-refractivity contribution in [2.75, 3.05) is 26.3 Å². The van der Waals surface area contributed by atoms with Crippen LogP contribution in [0.2, 0.25) is 0 Å². The molecule has 0 saturated carbocycles. The highest BCUT2D eigenvalue weighted by molar-refractivity contribution is 5.76. The van der Waals surface area contributed by atoms with Gasteiger partial charge in [0.25, 0.3) is 0 Å². The van der Waals surface area contributed by atoms with Crippen LogP contribution in [-0.4, -0.2) is 69.4 Å². The van der Waals surface area contributed by atoms with E-state index in [1.165, 1.54) is 0 Å². The number of hydrogen-bond acceptors (Lipinski definition) is 6. The molecule has 0 bridgehead atoms. The van der Waals surface area contributed by atoms with E-state index in [1.807, 2.05) is 6.92 Å². The number of hydrogen-bond donors (Lipinski definition) is 1. The summed E-state index contributed by atoms with van der Waals surface area (Å²) in [7, 11) is 0. The molecule has 8 nitrogen and oxygen atoms in total. The average Bonchev–Trinajstić information content (AvgIpc) is 3.00. The molecule has 2 saturated heterocycles. The molecule has 2 aliphatic heterocycles. The van der Waals surface area contributed by atoms with Crippen molar-refractivity contribution in [3.05, 3.63) is 5.82 Å². The Hall–Kier alpha value is -1.54. The minimum Gasteiger partial charge on any atom is -0.381 e. The minimum absolute atomic E-state index is 0.0874. The molecule has 0 aliphatic carbocycles. The molecule has 8 heteroatoms. The van der Waals surface area contributed by atoms with E-state index in [0.29, 0.717) is 25.0 Å². The lowest BCUT2D eigenvalue weighted by molar-refractivity contribution is -0.122. The maximum Gasteiger partial charge on any atom is 0.222 e. The van der Waals surface area contributed by atoms with Crippen LogP contribution in [0.15, 0.2) is 0 Å². The van der Waals surface area contributed by atoms with E-state index >= 15 is 0 Å². The van der Waals surface area contributed by atoms with Gasteiger partial charge in [0, 0.05) is 44.8 Å². The maximum atomic E-state index is 12.1. The number of nitrogens with zero attached hydrogens (tertiary/aromatic N) is 5. The number of ether oxygens (including phenoxy) is 1. The SMILES string of the molecule is Cc1nnnn1CCC(=O)NC1CCN(C2CCOCC2)CC1. The summed E-state index contributed by atoms with van der Waals surface area (Å²) in [6.07, 6.45) is 4.77. The Morgan fingerprint density at radius 1 is 1.26 bits per heavy atom. The summed E-state index contributed by atoms with van der Waals surface area (Å²) in [5.41, 5.74) is 0. The molecule has 2 aliphatic rings. The van der Waals surface area contributed by atoms with Crippen molar-refractivity contribution in [2.24, 2.45) is 0 Å². The minimum atomic E-state index is 0.0874. The molecule has 0 aromatic carbocycles. The lowest BCUT2D eigenvalue weighted by Crippen LogP contribution is -2.49. The van der Waals surface area contributed by atoms with Gasteiger partial charge in [0.15, 0.2) is 0 Å². The van der Waals surface area contributed by atoms with Crippen molar-refractivity contribution in [1.29, 1.82) is 0 Å². The van der Waals surface area contributed by atoms with Crippen LogP contribution >= 0.6 is 0 Å². The van der Waals surface area contributed by atoms with Crippen LogP contribution < -0.4 is 5.32 Å². The first-order chi connectivity index (χ1) is 11.2. The Morgan fingerprint density at radius 2 is 2.00 bits per heavy atom. The highest BCUT2D eigenvalue weighted by atomic mass is 16.5. The molecule has 3 heterocycles. The number of nitrogens with one attached hydrogen (secondary N) is 1.